The molecule has 5 aliphatic heterocycles. The van der Waals surface area contributed by atoms with Gasteiger partial charge >= 0.3 is 11.9 Å². The summed E-state index contributed by atoms with van der Waals surface area (Å²) in [5, 5.41) is 28.7. The van der Waals surface area contributed by atoms with Gasteiger partial charge in [0.25, 0.3) is 0 Å². The standard InChI is InChI=1S/C55H96N4O6/c1-13-38-35(8)41-28-42-36(9)40(24-25-47(60)65-27-26-34(7)23-17-22-33(6)21-16-20-32(5)19-15-18-31(3)4)51(58-42)49-50(55(62)64-12)53(61)48-37(10)43(59-52(48)49)29-45-39(14-2)54(63-11)46(57-45)30-44(38)56-41/h13,26,31-33,35-46,48-54,56-59,61H,1,14-25,27-30H2,2-12H3/t32-,33-,35?,36?,37?,38?,39?,40?,41?,42?,43?,44?,45?,46?,48?,49?,50?,51?,52?,53?,54?/m1/s1. The molecule has 6 aliphatic rings. The molecule has 1 saturated carbocycles. The van der Waals surface area contributed by atoms with E-state index in [-0.39, 0.29) is 89.9 Å². The van der Waals surface area contributed by atoms with E-state index in [4.69, 9.17) is 14.2 Å². The fraction of sp³-hybridized carbons (Fsp3) is 0.891. The van der Waals surface area contributed by atoms with Gasteiger partial charge in [-0.3, -0.25) is 9.59 Å². The minimum Gasteiger partial charge on any atom is -0.469 e. The highest BCUT2D eigenvalue weighted by atomic mass is 16.5. The highest BCUT2D eigenvalue weighted by molar-refractivity contribution is 5.74. The molecule has 0 amide bonds. The predicted molar refractivity (Wildman–Crippen MR) is 263 cm³/mol. The van der Waals surface area contributed by atoms with Gasteiger partial charge < -0.3 is 40.6 Å². The summed E-state index contributed by atoms with van der Waals surface area (Å²) >= 11 is 0. The van der Waals surface area contributed by atoms with Gasteiger partial charge in [0.15, 0.2) is 0 Å². The number of aliphatic hydroxyl groups is 1. The Morgan fingerprint density at radius 2 is 1.32 bits per heavy atom. The number of rotatable bonds is 21. The third-order valence-corrected chi connectivity index (χ3v) is 18.7. The molecule has 5 heterocycles. The topological polar surface area (TPSA) is 130 Å². The number of methoxy groups -OCH3 is 2. The summed E-state index contributed by atoms with van der Waals surface area (Å²) in [6.07, 6.45) is 20.0. The molecule has 0 spiro atoms. The number of aliphatic hydroxyl groups excluding tert-OH is 1. The van der Waals surface area contributed by atoms with E-state index in [0.717, 1.165) is 49.9 Å². The molecular formula is C55H96N4O6. The van der Waals surface area contributed by atoms with Crippen LogP contribution in [0.1, 0.15) is 159 Å². The zero-order valence-electron chi connectivity index (χ0n) is 42.9. The van der Waals surface area contributed by atoms with E-state index in [1.165, 1.54) is 64.0 Å². The van der Waals surface area contributed by atoms with Crippen LogP contribution in [0.4, 0.5) is 0 Å². The Labute approximate surface area is 396 Å². The Kier molecular flexibility index (Phi) is 19.5. The molecule has 6 rings (SSSR count). The van der Waals surface area contributed by atoms with Crippen LogP contribution < -0.4 is 21.3 Å². The molecule has 0 aromatic heterocycles. The van der Waals surface area contributed by atoms with Gasteiger partial charge in [-0.15, -0.1) is 6.58 Å². The Hall–Kier alpha value is -1.82. The number of fused-ring (bicyclic) bond motifs is 8. The van der Waals surface area contributed by atoms with E-state index in [0.29, 0.717) is 43.2 Å². The van der Waals surface area contributed by atoms with Crippen molar-refractivity contribution in [3.05, 3.63) is 24.3 Å². The van der Waals surface area contributed by atoms with E-state index in [9.17, 15) is 14.7 Å². The van der Waals surface area contributed by atoms with E-state index in [2.05, 4.69) is 102 Å². The summed E-state index contributed by atoms with van der Waals surface area (Å²) in [5.74, 6) is 2.61. The van der Waals surface area contributed by atoms with Crippen molar-refractivity contribution in [2.75, 3.05) is 20.8 Å². The summed E-state index contributed by atoms with van der Waals surface area (Å²) in [4.78, 5) is 27.4. The SMILES string of the molecule is C=CC1C2CC3NC(CC4NC5C(C4C)C(O)C(C(=O)OC)C5C4NC(CC(N2)C1C)C(C)C4CCC(=O)OCC=C(C)CCC[C@H](C)CCC[C@H](C)CCCC(C)C)C(CC)C3OC. The fourth-order valence-electron chi connectivity index (χ4n) is 14.8. The third-order valence-electron chi connectivity index (χ3n) is 18.7. The second kappa shape index (κ2) is 24.1. The molecule has 5 N–H and O–H groups in total. The Bertz CT molecular complexity index is 1560. The maximum atomic E-state index is 13.8. The normalized spacial score (nSPS) is 41.2. The van der Waals surface area contributed by atoms with E-state index in [1.54, 1.807) is 0 Å². The van der Waals surface area contributed by atoms with Gasteiger partial charge in [0.2, 0.25) is 0 Å². The Morgan fingerprint density at radius 1 is 0.723 bits per heavy atom. The van der Waals surface area contributed by atoms with Crippen LogP contribution >= 0.6 is 0 Å². The van der Waals surface area contributed by atoms with Gasteiger partial charge in [-0.05, 0) is 105 Å². The second-order valence-corrected chi connectivity index (χ2v) is 23.2. The van der Waals surface area contributed by atoms with Crippen LogP contribution in [0.3, 0.4) is 0 Å². The van der Waals surface area contributed by atoms with Crippen LogP contribution in [-0.2, 0) is 23.8 Å². The zero-order valence-corrected chi connectivity index (χ0v) is 42.9. The monoisotopic (exact) mass is 909 g/mol. The number of hydrogen-bond acceptors (Lipinski definition) is 10. The summed E-state index contributed by atoms with van der Waals surface area (Å²) in [7, 11) is 3.33. The van der Waals surface area contributed by atoms with Crippen LogP contribution in [-0.4, -0.2) is 98.4 Å². The summed E-state index contributed by atoms with van der Waals surface area (Å²) in [6, 6.07) is 1.29. The van der Waals surface area contributed by atoms with Gasteiger partial charge in [0.1, 0.15) is 6.61 Å². The van der Waals surface area contributed by atoms with Crippen LogP contribution in [0.15, 0.2) is 24.3 Å². The van der Waals surface area contributed by atoms with Crippen molar-refractivity contribution in [2.24, 2.45) is 71.0 Å². The molecule has 10 nitrogen and oxygen atoms in total. The molecule has 372 valence electrons. The van der Waals surface area contributed by atoms with Crippen molar-refractivity contribution in [2.45, 2.75) is 219 Å². The molecule has 0 aromatic rings. The quantitative estimate of drug-likeness (QED) is 0.0562. The lowest BCUT2D eigenvalue weighted by Gasteiger charge is -2.35. The molecule has 5 saturated heterocycles. The highest BCUT2D eigenvalue weighted by Crippen LogP contribution is 2.53. The number of hydrogen-bond donors (Lipinski definition) is 5. The molecule has 65 heavy (non-hydrogen) atoms. The van der Waals surface area contributed by atoms with Crippen molar-refractivity contribution in [1.82, 2.24) is 21.3 Å². The molecule has 0 radical (unpaired) electrons. The first-order chi connectivity index (χ1) is 31.1. The minimum absolute atomic E-state index is 0.0577. The first-order valence-electron chi connectivity index (χ1n) is 26.9. The third kappa shape index (κ3) is 12.3. The zero-order chi connectivity index (χ0) is 47.1. The maximum absolute atomic E-state index is 13.8. The number of carbonyl (C=O) groups excluding carboxylic acids is 2. The van der Waals surface area contributed by atoms with Crippen molar-refractivity contribution in [3.63, 3.8) is 0 Å². The first-order valence-corrected chi connectivity index (χ1v) is 26.9. The van der Waals surface area contributed by atoms with Gasteiger partial charge in [-0.2, -0.15) is 0 Å². The largest absolute Gasteiger partial charge is 0.469 e. The summed E-state index contributed by atoms with van der Waals surface area (Å²) < 4.78 is 17.7. The van der Waals surface area contributed by atoms with E-state index in [1.807, 2.05) is 7.11 Å². The van der Waals surface area contributed by atoms with Crippen LogP contribution in [0.5, 0.6) is 0 Å². The van der Waals surface area contributed by atoms with Crippen molar-refractivity contribution >= 4 is 11.9 Å². The molecule has 19 unspecified atom stereocenters. The lowest BCUT2D eigenvalue weighted by Crippen LogP contribution is -2.52. The van der Waals surface area contributed by atoms with Crippen LogP contribution in [0, 0.1) is 71.0 Å². The predicted octanol–water partition coefficient (Wildman–Crippen LogP) is 9.00. The molecule has 8 bridgehead atoms. The van der Waals surface area contributed by atoms with Crippen molar-refractivity contribution < 1.29 is 28.9 Å². The molecule has 1 aliphatic carbocycles. The van der Waals surface area contributed by atoms with Crippen molar-refractivity contribution in [3.8, 4) is 0 Å². The molecular weight excluding hydrogens is 813 g/mol. The van der Waals surface area contributed by atoms with Gasteiger partial charge in [0.05, 0.1) is 25.2 Å². The van der Waals surface area contributed by atoms with Gasteiger partial charge in [-0.25, -0.2) is 0 Å². The average Bonchev–Trinajstić information content (AvgIpc) is 4.02. The molecule has 10 heteroatoms. The number of esters is 2. The van der Waals surface area contributed by atoms with Gasteiger partial charge in [0, 0.05) is 79.6 Å². The average molecular weight is 909 g/mol. The molecule has 0 aromatic carbocycles. The lowest BCUT2D eigenvalue weighted by molar-refractivity contribution is -0.152. The number of carbonyl (C=O) groups is 2. The number of allylic oxidation sites excluding steroid dienone is 1. The maximum Gasteiger partial charge on any atom is 0.311 e. The minimum atomic E-state index is -0.814. The number of nitrogens with one attached hydrogen (secondary N) is 4. The Morgan fingerprint density at radius 3 is 1.97 bits per heavy atom. The van der Waals surface area contributed by atoms with E-state index >= 15 is 0 Å². The highest BCUT2D eigenvalue weighted by Gasteiger charge is 2.64. The second-order valence-electron chi connectivity index (χ2n) is 23.2. The van der Waals surface area contributed by atoms with Crippen LogP contribution in [0.2, 0.25) is 0 Å². The fourth-order valence-corrected chi connectivity index (χ4v) is 14.8. The van der Waals surface area contributed by atoms with Gasteiger partial charge in [-0.1, -0.05) is 112 Å². The van der Waals surface area contributed by atoms with Crippen molar-refractivity contribution in [1.29, 1.82) is 0 Å². The molecule has 6 fully saturated rings. The Balaban J connectivity index is 1.11. The summed E-state index contributed by atoms with van der Waals surface area (Å²) in [5.41, 5.74) is 1.29. The smallest absolute Gasteiger partial charge is 0.311 e. The first kappa shape index (κ1) is 52.5. The lowest BCUT2D eigenvalue weighted by atomic mass is 9.75. The van der Waals surface area contributed by atoms with Crippen LogP contribution in [0.25, 0.3) is 0 Å². The molecule has 21 atom stereocenters. The number of ether oxygens (including phenoxy) is 3. The van der Waals surface area contributed by atoms with E-state index < -0.39 is 12.0 Å². The summed E-state index contributed by atoms with van der Waals surface area (Å²) in [6.45, 7) is 25.6.